The zero-order valence-electron chi connectivity index (χ0n) is 7.17. The number of nitrogens with one attached hydrogen (secondary N) is 1. The van der Waals surface area contributed by atoms with Crippen molar-refractivity contribution in [1.29, 1.82) is 0 Å². The number of halogens is 2. The average Bonchev–Trinajstić information content (AvgIpc) is 2.19. The van der Waals surface area contributed by atoms with Crippen LogP contribution < -0.4 is 11.1 Å². The van der Waals surface area contributed by atoms with Crippen LogP contribution >= 0.6 is 11.6 Å². The highest BCUT2D eigenvalue weighted by Crippen LogP contribution is 2.21. The zero-order chi connectivity index (χ0) is 10.6. The molecule has 4 nitrogen and oxygen atoms in total. The van der Waals surface area contributed by atoms with Crippen molar-refractivity contribution >= 4 is 23.1 Å². The van der Waals surface area contributed by atoms with Gasteiger partial charge in [-0.15, -0.1) is 0 Å². The summed E-state index contributed by atoms with van der Waals surface area (Å²) in [6.45, 7) is 0.0969. The normalized spacial score (nSPS) is 11.4. The van der Waals surface area contributed by atoms with Gasteiger partial charge in [0.15, 0.2) is 5.84 Å². The largest absolute Gasteiger partial charge is 0.409 e. The van der Waals surface area contributed by atoms with Crippen LogP contribution in [0.2, 0.25) is 5.02 Å². The Labute approximate surface area is 85.2 Å². The van der Waals surface area contributed by atoms with E-state index >= 15 is 0 Å². The number of amidine groups is 1. The van der Waals surface area contributed by atoms with Crippen molar-refractivity contribution in [2.24, 2.45) is 10.9 Å². The molecule has 0 saturated carbocycles. The van der Waals surface area contributed by atoms with Gasteiger partial charge in [-0.1, -0.05) is 16.8 Å². The van der Waals surface area contributed by atoms with Crippen LogP contribution in [0.15, 0.2) is 23.4 Å². The molecule has 14 heavy (non-hydrogen) atoms. The molecule has 4 N–H and O–H groups in total. The fourth-order valence-electron chi connectivity index (χ4n) is 0.854. The molecule has 0 bridgehead atoms. The molecule has 0 fully saturated rings. The predicted molar refractivity (Wildman–Crippen MR) is 53.3 cm³/mol. The lowest BCUT2D eigenvalue weighted by molar-refractivity contribution is 0.317. The number of hydrogen-bond donors (Lipinski definition) is 3. The van der Waals surface area contributed by atoms with Gasteiger partial charge in [0.25, 0.3) is 0 Å². The molecule has 0 aromatic heterocycles. The van der Waals surface area contributed by atoms with E-state index in [9.17, 15) is 4.39 Å². The second-order valence-corrected chi connectivity index (χ2v) is 2.98. The standard InChI is InChI=1S/C8H9ClFN3O/c9-6-2-1-5(10)3-7(6)12-4-8(11)13-14/h1-3,12,14H,4H2,(H2,11,13). The Morgan fingerprint density at radius 3 is 3.00 bits per heavy atom. The van der Waals surface area contributed by atoms with Crippen LogP contribution in [0.25, 0.3) is 0 Å². The van der Waals surface area contributed by atoms with Crippen molar-refractivity contribution < 1.29 is 9.60 Å². The van der Waals surface area contributed by atoms with E-state index in [0.717, 1.165) is 0 Å². The second kappa shape index (κ2) is 4.66. The molecule has 0 unspecified atom stereocenters. The summed E-state index contributed by atoms with van der Waals surface area (Å²) in [5.41, 5.74) is 5.61. The molecule has 1 aromatic carbocycles. The Hall–Kier alpha value is -1.49. The Balaban J connectivity index is 2.71. The van der Waals surface area contributed by atoms with E-state index in [4.69, 9.17) is 22.5 Å². The summed E-state index contributed by atoms with van der Waals surface area (Å²) in [6.07, 6.45) is 0. The van der Waals surface area contributed by atoms with Gasteiger partial charge in [-0.2, -0.15) is 0 Å². The van der Waals surface area contributed by atoms with Crippen LogP contribution in [0.5, 0.6) is 0 Å². The Morgan fingerprint density at radius 2 is 2.36 bits per heavy atom. The monoisotopic (exact) mass is 217 g/mol. The van der Waals surface area contributed by atoms with E-state index in [2.05, 4.69) is 10.5 Å². The first kappa shape index (κ1) is 10.6. The topological polar surface area (TPSA) is 70.6 Å². The van der Waals surface area contributed by atoms with E-state index in [-0.39, 0.29) is 12.4 Å². The quantitative estimate of drug-likeness (QED) is 0.312. The molecular formula is C8H9ClFN3O. The van der Waals surface area contributed by atoms with E-state index in [1.165, 1.54) is 18.2 Å². The van der Waals surface area contributed by atoms with Crippen LogP contribution in [0.4, 0.5) is 10.1 Å². The van der Waals surface area contributed by atoms with Crippen molar-refractivity contribution in [3.8, 4) is 0 Å². The molecule has 0 amide bonds. The summed E-state index contributed by atoms with van der Waals surface area (Å²) in [7, 11) is 0. The molecule has 0 heterocycles. The summed E-state index contributed by atoms with van der Waals surface area (Å²) >= 11 is 5.75. The molecule has 1 rings (SSSR count). The van der Waals surface area contributed by atoms with Crippen molar-refractivity contribution in [3.05, 3.63) is 29.0 Å². The summed E-state index contributed by atoms with van der Waals surface area (Å²) in [4.78, 5) is 0. The van der Waals surface area contributed by atoms with Gasteiger partial charge in [0.05, 0.1) is 17.3 Å². The van der Waals surface area contributed by atoms with E-state index in [1.54, 1.807) is 0 Å². The Bertz CT molecular complexity index is 356. The van der Waals surface area contributed by atoms with Gasteiger partial charge < -0.3 is 16.3 Å². The van der Waals surface area contributed by atoms with Crippen molar-refractivity contribution in [2.75, 3.05) is 11.9 Å². The van der Waals surface area contributed by atoms with Crippen molar-refractivity contribution in [1.82, 2.24) is 0 Å². The third-order valence-electron chi connectivity index (χ3n) is 1.52. The highest BCUT2D eigenvalue weighted by atomic mass is 35.5. The van der Waals surface area contributed by atoms with Gasteiger partial charge in [-0.05, 0) is 18.2 Å². The van der Waals surface area contributed by atoms with Gasteiger partial charge in [0.1, 0.15) is 5.82 Å². The minimum Gasteiger partial charge on any atom is -0.409 e. The molecule has 0 radical (unpaired) electrons. The van der Waals surface area contributed by atoms with Gasteiger partial charge >= 0.3 is 0 Å². The summed E-state index contributed by atoms with van der Waals surface area (Å²) in [5, 5.41) is 14.1. The lowest BCUT2D eigenvalue weighted by Gasteiger charge is -2.06. The fourth-order valence-corrected chi connectivity index (χ4v) is 1.04. The lowest BCUT2D eigenvalue weighted by atomic mass is 10.3. The minimum absolute atomic E-state index is 0.00896. The molecule has 0 spiro atoms. The summed E-state index contributed by atoms with van der Waals surface area (Å²) in [5.74, 6) is -0.415. The highest BCUT2D eigenvalue weighted by Gasteiger charge is 2.01. The highest BCUT2D eigenvalue weighted by molar-refractivity contribution is 6.33. The number of anilines is 1. The number of oxime groups is 1. The summed E-state index contributed by atoms with van der Waals surface area (Å²) in [6, 6.07) is 3.90. The van der Waals surface area contributed by atoms with Crippen LogP contribution in [0.1, 0.15) is 0 Å². The lowest BCUT2D eigenvalue weighted by Crippen LogP contribution is -2.22. The van der Waals surface area contributed by atoms with E-state index < -0.39 is 5.82 Å². The molecule has 6 heteroatoms. The summed E-state index contributed by atoms with van der Waals surface area (Å²) < 4.78 is 12.7. The van der Waals surface area contributed by atoms with Crippen molar-refractivity contribution in [3.63, 3.8) is 0 Å². The van der Waals surface area contributed by atoms with Crippen LogP contribution in [-0.2, 0) is 0 Å². The third-order valence-corrected chi connectivity index (χ3v) is 1.85. The van der Waals surface area contributed by atoms with E-state index in [0.29, 0.717) is 10.7 Å². The van der Waals surface area contributed by atoms with Gasteiger partial charge in [0, 0.05) is 0 Å². The van der Waals surface area contributed by atoms with Crippen LogP contribution in [0.3, 0.4) is 0 Å². The Morgan fingerprint density at radius 1 is 1.64 bits per heavy atom. The maximum Gasteiger partial charge on any atom is 0.158 e. The maximum atomic E-state index is 12.7. The predicted octanol–water partition coefficient (Wildman–Crippen LogP) is 1.64. The van der Waals surface area contributed by atoms with Crippen LogP contribution in [0, 0.1) is 5.82 Å². The third kappa shape index (κ3) is 2.77. The molecule has 76 valence electrons. The van der Waals surface area contributed by atoms with Gasteiger partial charge in [0.2, 0.25) is 0 Å². The Kier molecular flexibility index (Phi) is 3.53. The average molecular weight is 218 g/mol. The zero-order valence-corrected chi connectivity index (χ0v) is 7.92. The number of rotatable bonds is 3. The number of nitrogens with zero attached hydrogens (tertiary/aromatic N) is 1. The maximum absolute atomic E-state index is 12.7. The first-order valence-electron chi connectivity index (χ1n) is 3.79. The van der Waals surface area contributed by atoms with Gasteiger partial charge in [-0.3, -0.25) is 0 Å². The van der Waals surface area contributed by atoms with E-state index in [1.807, 2.05) is 0 Å². The van der Waals surface area contributed by atoms with Crippen molar-refractivity contribution in [2.45, 2.75) is 0 Å². The number of hydrogen-bond acceptors (Lipinski definition) is 3. The molecule has 0 atom stereocenters. The molecule has 0 aliphatic carbocycles. The SMILES string of the molecule is N/C(CNc1cc(F)ccc1Cl)=N/O. The van der Waals surface area contributed by atoms with Crippen LogP contribution in [-0.4, -0.2) is 17.6 Å². The molecule has 0 aliphatic rings. The molecule has 0 aliphatic heterocycles. The molecule has 0 saturated heterocycles. The second-order valence-electron chi connectivity index (χ2n) is 2.57. The first-order chi connectivity index (χ1) is 6.63. The molecule has 1 aromatic rings. The number of nitrogens with two attached hydrogens (primary N) is 1. The first-order valence-corrected chi connectivity index (χ1v) is 4.16. The number of benzene rings is 1. The smallest absolute Gasteiger partial charge is 0.158 e. The van der Waals surface area contributed by atoms with Gasteiger partial charge in [-0.25, -0.2) is 4.39 Å². The minimum atomic E-state index is -0.406. The fraction of sp³-hybridized carbons (Fsp3) is 0.125. The molecular weight excluding hydrogens is 209 g/mol.